The second-order valence-corrected chi connectivity index (χ2v) is 7.31. The van der Waals surface area contributed by atoms with Crippen LogP contribution < -0.4 is 15.0 Å². The molecule has 29 heavy (non-hydrogen) atoms. The Morgan fingerprint density at radius 2 is 2.00 bits per heavy atom. The Kier molecular flexibility index (Phi) is 6.41. The summed E-state index contributed by atoms with van der Waals surface area (Å²) in [6.45, 7) is 7.27. The first-order valence-corrected chi connectivity index (χ1v) is 9.92. The number of nitrogens with one attached hydrogen (secondary N) is 2. The molecule has 1 atom stereocenters. The molecule has 0 radical (unpaired) electrons. The molecule has 156 valence electrons. The third kappa shape index (κ3) is 4.52. The maximum absolute atomic E-state index is 12.8. The Morgan fingerprint density at radius 3 is 2.62 bits per heavy atom. The lowest BCUT2D eigenvalue weighted by atomic mass is 10.1. The first-order chi connectivity index (χ1) is 13.9. The van der Waals surface area contributed by atoms with Crippen LogP contribution in [0.1, 0.15) is 30.3 Å². The molecule has 1 fully saturated rings. The summed E-state index contributed by atoms with van der Waals surface area (Å²) in [7, 11) is 1.61. The van der Waals surface area contributed by atoms with Crippen LogP contribution in [0, 0.1) is 13.8 Å². The number of ether oxygens (including phenoxy) is 1. The molecular formula is C21H29N5O3. The second-order valence-electron chi connectivity index (χ2n) is 7.31. The Morgan fingerprint density at radius 1 is 1.28 bits per heavy atom. The number of nitrogens with zero attached hydrogens (tertiary/aromatic N) is 3. The van der Waals surface area contributed by atoms with Crippen molar-refractivity contribution in [3.63, 3.8) is 0 Å². The molecule has 1 saturated heterocycles. The molecule has 0 spiro atoms. The first kappa shape index (κ1) is 20.7. The van der Waals surface area contributed by atoms with Crippen molar-refractivity contribution >= 4 is 17.6 Å². The lowest BCUT2D eigenvalue weighted by molar-refractivity contribution is -0.124. The zero-order valence-corrected chi connectivity index (χ0v) is 17.5. The average Bonchev–Trinajstić information content (AvgIpc) is 3.05. The Bertz CT molecular complexity index is 842. The van der Waals surface area contributed by atoms with Gasteiger partial charge in [0.15, 0.2) is 0 Å². The number of benzene rings is 1. The van der Waals surface area contributed by atoms with Gasteiger partial charge in [0.25, 0.3) is 0 Å². The fraction of sp³-hybridized carbons (Fsp3) is 0.476. The third-order valence-corrected chi connectivity index (χ3v) is 5.46. The standard InChI is InChI=1S/C21H29N5O3/c1-14-19(15(2)24-23-14)6-5-11-22-21(28)25-12-13-26(20(27)16(25)3)17-7-9-18(29-4)10-8-17/h7-10,16H,5-6,11-13H2,1-4H3,(H,22,28)(H,23,24). The van der Waals surface area contributed by atoms with Gasteiger partial charge >= 0.3 is 6.03 Å². The molecule has 1 unspecified atom stereocenters. The summed E-state index contributed by atoms with van der Waals surface area (Å²) in [5, 5.41) is 10.1. The molecular weight excluding hydrogens is 370 g/mol. The SMILES string of the molecule is COc1ccc(N2CCN(C(=O)NCCCc3c(C)n[nH]c3C)C(C)C2=O)cc1. The number of aryl methyl sites for hydroxylation is 2. The monoisotopic (exact) mass is 399 g/mol. The van der Waals surface area contributed by atoms with Crippen molar-refractivity contribution in [2.75, 3.05) is 31.6 Å². The van der Waals surface area contributed by atoms with Gasteiger partial charge in [-0.05, 0) is 63.4 Å². The van der Waals surface area contributed by atoms with Crippen LogP contribution in [0.25, 0.3) is 0 Å². The number of carbonyl (C=O) groups excluding carboxylic acids is 2. The van der Waals surface area contributed by atoms with Crippen LogP contribution >= 0.6 is 0 Å². The highest BCUT2D eigenvalue weighted by atomic mass is 16.5. The molecule has 0 bridgehead atoms. The van der Waals surface area contributed by atoms with Crippen LogP contribution in [0.2, 0.25) is 0 Å². The van der Waals surface area contributed by atoms with Crippen LogP contribution in [-0.4, -0.2) is 59.8 Å². The minimum atomic E-state index is -0.510. The number of hydrogen-bond acceptors (Lipinski definition) is 4. The van der Waals surface area contributed by atoms with Crippen LogP contribution in [-0.2, 0) is 11.2 Å². The summed E-state index contributed by atoms with van der Waals surface area (Å²) < 4.78 is 5.17. The number of rotatable bonds is 6. The van der Waals surface area contributed by atoms with E-state index >= 15 is 0 Å². The van der Waals surface area contributed by atoms with Gasteiger partial charge in [0.2, 0.25) is 5.91 Å². The number of aromatic nitrogens is 2. The van der Waals surface area contributed by atoms with E-state index < -0.39 is 6.04 Å². The number of amides is 3. The summed E-state index contributed by atoms with van der Waals surface area (Å²) >= 11 is 0. The van der Waals surface area contributed by atoms with Gasteiger partial charge in [-0.15, -0.1) is 0 Å². The van der Waals surface area contributed by atoms with E-state index in [1.165, 1.54) is 5.56 Å². The highest BCUT2D eigenvalue weighted by Crippen LogP contribution is 2.23. The summed E-state index contributed by atoms with van der Waals surface area (Å²) in [4.78, 5) is 28.7. The van der Waals surface area contributed by atoms with E-state index in [-0.39, 0.29) is 11.9 Å². The quantitative estimate of drug-likeness (QED) is 0.730. The normalized spacial score (nSPS) is 16.8. The number of carbonyl (C=O) groups is 2. The summed E-state index contributed by atoms with van der Waals surface area (Å²) in [6.07, 6.45) is 1.68. The molecule has 1 aliphatic rings. The molecule has 0 aliphatic carbocycles. The van der Waals surface area contributed by atoms with E-state index in [1.54, 1.807) is 23.8 Å². The van der Waals surface area contributed by atoms with Gasteiger partial charge in [0, 0.05) is 31.0 Å². The molecule has 3 amide bonds. The van der Waals surface area contributed by atoms with Gasteiger partial charge in [0.05, 0.1) is 12.8 Å². The Hall–Kier alpha value is -3.03. The van der Waals surface area contributed by atoms with Crippen molar-refractivity contribution in [1.82, 2.24) is 20.4 Å². The van der Waals surface area contributed by atoms with Crippen LogP contribution in [0.15, 0.2) is 24.3 Å². The van der Waals surface area contributed by atoms with Gasteiger partial charge in [-0.3, -0.25) is 9.89 Å². The van der Waals surface area contributed by atoms with E-state index in [0.717, 1.165) is 35.7 Å². The molecule has 8 heteroatoms. The van der Waals surface area contributed by atoms with E-state index in [0.29, 0.717) is 19.6 Å². The molecule has 3 rings (SSSR count). The number of piperazine rings is 1. The average molecular weight is 399 g/mol. The van der Waals surface area contributed by atoms with Crippen molar-refractivity contribution in [1.29, 1.82) is 0 Å². The van der Waals surface area contributed by atoms with E-state index in [9.17, 15) is 9.59 Å². The lowest BCUT2D eigenvalue weighted by Gasteiger charge is -2.39. The molecule has 1 aliphatic heterocycles. The Balaban J connectivity index is 1.51. The lowest BCUT2D eigenvalue weighted by Crippen LogP contribution is -2.59. The fourth-order valence-corrected chi connectivity index (χ4v) is 3.67. The minimum Gasteiger partial charge on any atom is -0.497 e. The van der Waals surface area contributed by atoms with Gasteiger partial charge < -0.3 is 19.9 Å². The maximum Gasteiger partial charge on any atom is 0.318 e. The second kappa shape index (κ2) is 8.98. The predicted molar refractivity (Wildman–Crippen MR) is 111 cm³/mol. The number of hydrogen-bond donors (Lipinski definition) is 2. The van der Waals surface area contributed by atoms with Gasteiger partial charge in [-0.25, -0.2) is 4.79 Å². The van der Waals surface area contributed by atoms with Gasteiger partial charge in [-0.1, -0.05) is 0 Å². The number of methoxy groups -OCH3 is 1. The first-order valence-electron chi connectivity index (χ1n) is 9.92. The molecule has 2 N–H and O–H groups in total. The van der Waals surface area contributed by atoms with Crippen molar-refractivity contribution in [2.45, 2.75) is 39.7 Å². The highest BCUT2D eigenvalue weighted by Gasteiger charge is 2.34. The van der Waals surface area contributed by atoms with E-state index in [2.05, 4.69) is 15.5 Å². The number of anilines is 1. The molecule has 1 aromatic heterocycles. The number of urea groups is 1. The number of aromatic amines is 1. The molecule has 2 heterocycles. The third-order valence-electron chi connectivity index (χ3n) is 5.46. The van der Waals surface area contributed by atoms with Gasteiger partial charge in [0.1, 0.15) is 11.8 Å². The van der Waals surface area contributed by atoms with Crippen molar-refractivity contribution < 1.29 is 14.3 Å². The molecule has 8 nitrogen and oxygen atoms in total. The summed E-state index contributed by atoms with van der Waals surface area (Å²) in [5.41, 5.74) is 4.09. The summed E-state index contributed by atoms with van der Waals surface area (Å²) in [5.74, 6) is 0.661. The predicted octanol–water partition coefficient (Wildman–Crippen LogP) is 2.41. The zero-order valence-electron chi connectivity index (χ0n) is 17.5. The van der Waals surface area contributed by atoms with Crippen LogP contribution in [0.5, 0.6) is 5.75 Å². The topological polar surface area (TPSA) is 90.6 Å². The Labute approximate surface area is 171 Å². The largest absolute Gasteiger partial charge is 0.497 e. The highest BCUT2D eigenvalue weighted by molar-refractivity contribution is 6.00. The number of H-pyrrole nitrogens is 1. The maximum atomic E-state index is 12.8. The summed E-state index contributed by atoms with van der Waals surface area (Å²) in [6, 6.07) is 6.68. The molecule has 2 aromatic rings. The van der Waals surface area contributed by atoms with Gasteiger partial charge in [-0.2, -0.15) is 5.10 Å². The van der Waals surface area contributed by atoms with Crippen LogP contribution in [0.4, 0.5) is 10.5 Å². The molecule has 0 saturated carbocycles. The van der Waals surface area contributed by atoms with Crippen molar-refractivity contribution in [3.05, 3.63) is 41.2 Å². The minimum absolute atomic E-state index is 0.0822. The fourth-order valence-electron chi connectivity index (χ4n) is 3.67. The zero-order chi connectivity index (χ0) is 21.0. The smallest absolute Gasteiger partial charge is 0.318 e. The van der Waals surface area contributed by atoms with Crippen LogP contribution in [0.3, 0.4) is 0 Å². The molecule has 1 aromatic carbocycles. The van der Waals surface area contributed by atoms with E-state index in [4.69, 9.17) is 4.74 Å². The van der Waals surface area contributed by atoms with Crippen molar-refractivity contribution in [2.24, 2.45) is 0 Å². The van der Waals surface area contributed by atoms with E-state index in [1.807, 2.05) is 38.1 Å². The van der Waals surface area contributed by atoms with Crippen molar-refractivity contribution in [3.8, 4) is 5.75 Å².